The Balaban J connectivity index is 1.54. The van der Waals surface area contributed by atoms with E-state index in [1.54, 1.807) is 18.6 Å². The zero-order valence-corrected chi connectivity index (χ0v) is 14.5. The Labute approximate surface area is 150 Å². The summed E-state index contributed by atoms with van der Waals surface area (Å²) >= 11 is 0. The number of cyclic esters (lactones) is 1. The molecule has 2 aliphatic heterocycles. The van der Waals surface area contributed by atoms with E-state index in [9.17, 15) is 19.8 Å². The van der Waals surface area contributed by atoms with Crippen LogP contribution in [0.3, 0.4) is 0 Å². The van der Waals surface area contributed by atoms with E-state index in [1.165, 1.54) is 0 Å². The molecule has 0 aromatic carbocycles. The van der Waals surface area contributed by atoms with E-state index < -0.39 is 41.2 Å². The van der Waals surface area contributed by atoms with Gasteiger partial charge in [0.2, 0.25) is 0 Å². The Morgan fingerprint density at radius 3 is 2.73 bits per heavy atom. The Bertz CT molecular complexity index is 758. The monoisotopic (exact) mass is 362 g/mol. The number of aliphatic hydroxyl groups is 2. The number of fused-ring (bicyclic) bond motifs is 6. The number of hydrogen-bond donors (Lipinski definition) is 2. The molecule has 0 spiro atoms. The smallest absolute Gasteiger partial charge is 0.341 e. The summed E-state index contributed by atoms with van der Waals surface area (Å²) in [5.74, 6) is -1.76. The molecule has 5 rings (SSSR count). The minimum absolute atomic E-state index is 0.103. The fraction of sp³-hybridized carbons (Fsp3) is 0.684. The van der Waals surface area contributed by atoms with Gasteiger partial charge in [-0.15, -0.1) is 0 Å². The summed E-state index contributed by atoms with van der Waals surface area (Å²) in [6, 6.07) is 1.79. The van der Waals surface area contributed by atoms with E-state index in [1.807, 2.05) is 6.92 Å². The predicted octanol–water partition coefficient (Wildman–Crippen LogP) is 1.34. The Kier molecular flexibility index (Phi) is 3.20. The number of esters is 2. The molecular formula is C19H22O7. The van der Waals surface area contributed by atoms with Crippen LogP contribution in [0.1, 0.15) is 44.3 Å². The van der Waals surface area contributed by atoms with E-state index in [0.29, 0.717) is 25.7 Å². The fourth-order valence-electron chi connectivity index (χ4n) is 6.04. The number of hydrogen-bond acceptors (Lipinski definition) is 7. The molecule has 2 aliphatic carbocycles. The molecule has 0 unspecified atom stereocenters. The fourth-order valence-corrected chi connectivity index (χ4v) is 6.04. The van der Waals surface area contributed by atoms with Gasteiger partial charge in [-0.25, -0.2) is 4.79 Å². The lowest BCUT2D eigenvalue weighted by Gasteiger charge is -2.57. The van der Waals surface area contributed by atoms with Crippen LogP contribution < -0.4 is 0 Å². The van der Waals surface area contributed by atoms with Crippen LogP contribution in [0.4, 0.5) is 0 Å². The van der Waals surface area contributed by atoms with Crippen molar-refractivity contribution in [3.8, 4) is 0 Å². The lowest BCUT2D eigenvalue weighted by Crippen LogP contribution is -2.64. The first kappa shape index (κ1) is 16.3. The van der Waals surface area contributed by atoms with Crippen molar-refractivity contribution in [2.75, 3.05) is 0 Å². The maximum absolute atomic E-state index is 12.7. The number of carbonyl (C=O) groups excluding carboxylic acids is 2. The molecule has 2 bridgehead atoms. The first-order valence-corrected chi connectivity index (χ1v) is 9.20. The number of rotatable bonds is 1. The number of carbonyl (C=O) groups is 2. The molecule has 2 N–H and O–H groups in total. The van der Waals surface area contributed by atoms with Gasteiger partial charge in [-0.1, -0.05) is 6.92 Å². The van der Waals surface area contributed by atoms with Crippen LogP contribution >= 0.6 is 0 Å². The van der Waals surface area contributed by atoms with Crippen molar-refractivity contribution in [3.05, 3.63) is 24.2 Å². The molecule has 8 atom stereocenters. The number of ether oxygens (including phenoxy) is 2. The van der Waals surface area contributed by atoms with Crippen molar-refractivity contribution >= 4 is 11.9 Å². The molecule has 1 aromatic rings. The first-order chi connectivity index (χ1) is 12.4. The van der Waals surface area contributed by atoms with Crippen LogP contribution in [0, 0.1) is 23.2 Å². The molecule has 7 heteroatoms. The van der Waals surface area contributed by atoms with E-state index in [0.717, 1.165) is 5.56 Å². The van der Waals surface area contributed by atoms with Crippen LogP contribution in [0.2, 0.25) is 0 Å². The Morgan fingerprint density at radius 1 is 1.19 bits per heavy atom. The average molecular weight is 362 g/mol. The zero-order chi connectivity index (χ0) is 18.3. The average Bonchev–Trinajstić information content (AvgIpc) is 3.17. The molecule has 4 aliphatic rings. The summed E-state index contributed by atoms with van der Waals surface area (Å²) in [7, 11) is 0. The van der Waals surface area contributed by atoms with Gasteiger partial charge in [0, 0.05) is 11.5 Å². The van der Waals surface area contributed by atoms with Crippen LogP contribution in [-0.2, 0) is 19.1 Å². The molecule has 26 heavy (non-hydrogen) atoms. The molecule has 1 aromatic heterocycles. The van der Waals surface area contributed by atoms with Crippen molar-refractivity contribution in [3.63, 3.8) is 0 Å². The molecule has 2 saturated heterocycles. The summed E-state index contributed by atoms with van der Waals surface area (Å²) < 4.78 is 16.1. The van der Waals surface area contributed by atoms with Crippen molar-refractivity contribution in [2.45, 2.75) is 56.5 Å². The second-order valence-electron chi connectivity index (χ2n) is 8.48. The number of furan rings is 1. The van der Waals surface area contributed by atoms with Crippen LogP contribution in [0.15, 0.2) is 23.0 Å². The van der Waals surface area contributed by atoms with E-state index >= 15 is 0 Å². The molecule has 7 nitrogen and oxygen atoms in total. The molecule has 140 valence electrons. The summed E-state index contributed by atoms with van der Waals surface area (Å²) in [6.07, 6.45) is 2.88. The largest absolute Gasteiger partial charge is 0.472 e. The maximum atomic E-state index is 12.7. The topological polar surface area (TPSA) is 106 Å². The molecule has 0 amide bonds. The summed E-state index contributed by atoms with van der Waals surface area (Å²) in [4.78, 5) is 25.0. The normalized spacial score (nSPS) is 49.8. The van der Waals surface area contributed by atoms with Gasteiger partial charge in [-0.2, -0.15) is 0 Å². The van der Waals surface area contributed by atoms with E-state index in [-0.39, 0.29) is 17.8 Å². The van der Waals surface area contributed by atoms with Crippen LogP contribution in [0.5, 0.6) is 0 Å². The highest BCUT2D eigenvalue weighted by Crippen LogP contribution is 2.63. The highest BCUT2D eigenvalue weighted by Gasteiger charge is 2.71. The summed E-state index contributed by atoms with van der Waals surface area (Å²) in [5.41, 5.74) is -1.50. The van der Waals surface area contributed by atoms with Gasteiger partial charge in [0.25, 0.3) is 0 Å². The van der Waals surface area contributed by atoms with Gasteiger partial charge >= 0.3 is 11.9 Å². The highest BCUT2D eigenvalue weighted by molar-refractivity contribution is 5.84. The summed E-state index contributed by atoms with van der Waals surface area (Å²) in [5, 5.41) is 21.4. The van der Waals surface area contributed by atoms with E-state index in [4.69, 9.17) is 13.9 Å². The second-order valence-corrected chi connectivity index (χ2v) is 8.48. The maximum Gasteiger partial charge on any atom is 0.341 e. The standard InChI is InChI=1S/C19H22O7/c1-18-7-14(9-4-5-24-8-9)25-16(21)11(18)3-2-10-12(18)6-13-15(20)19(10,23)17(22)26-13/h4-5,8,10-15,20,23H,2-3,6-7H2,1H3/t10-,11-,12-,13+,14+,15-,18-,19+/m1/s1. The van der Waals surface area contributed by atoms with Crippen molar-refractivity contribution in [1.29, 1.82) is 0 Å². The molecule has 0 radical (unpaired) electrons. The van der Waals surface area contributed by atoms with Gasteiger partial charge in [-0.05, 0) is 43.1 Å². The minimum atomic E-state index is -1.87. The highest BCUT2D eigenvalue weighted by atomic mass is 16.6. The first-order valence-electron chi connectivity index (χ1n) is 9.20. The molecule has 3 heterocycles. The van der Waals surface area contributed by atoms with Gasteiger partial charge < -0.3 is 24.1 Å². The van der Waals surface area contributed by atoms with Gasteiger partial charge in [-0.3, -0.25) is 4.79 Å². The molecular weight excluding hydrogens is 340 g/mol. The van der Waals surface area contributed by atoms with Gasteiger partial charge in [0.1, 0.15) is 18.3 Å². The minimum Gasteiger partial charge on any atom is -0.472 e. The second kappa shape index (κ2) is 5.10. The number of aliphatic hydroxyl groups excluding tert-OH is 1. The third-order valence-corrected chi connectivity index (χ3v) is 7.42. The van der Waals surface area contributed by atoms with Crippen LogP contribution in [0.25, 0.3) is 0 Å². The van der Waals surface area contributed by atoms with Gasteiger partial charge in [0.05, 0.1) is 18.4 Å². The summed E-state index contributed by atoms with van der Waals surface area (Å²) in [6.45, 7) is 2.05. The third-order valence-electron chi connectivity index (χ3n) is 7.42. The molecule has 2 saturated carbocycles. The van der Waals surface area contributed by atoms with Crippen molar-refractivity contribution in [2.24, 2.45) is 23.2 Å². The van der Waals surface area contributed by atoms with Crippen LogP contribution in [-0.4, -0.2) is 40.0 Å². The predicted molar refractivity (Wildman–Crippen MR) is 85.4 cm³/mol. The zero-order valence-electron chi connectivity index (χ0n) is 14.5. The quantitative estimate of drug-likeness (QED) is 0.726. The lowest BCUT2D eigenvalue weighted by molar-refractivity contribution is -0.212. The third kappa shape index (κ3) is 1.85. The SMILES string of the molecule is C[C@@]12C[C@@H](c3ccoc3)OC(=O)[C@H]1CC[C@@H]1[C@H]2C[C@@H]2OC(=O)[C@@]1(O)[C@@H]2O. The Hall–Kier alpha value is -1.86. The lowest BCUT2D eigenvalue weighted by atomic mass is 9.48. The molecule has 4 fully saturated rings. The van der Waals surface area contributed by atoms with Crippen molar-refractivity contribution < 1.29 is 33.7 Å². The van der Waals surface area contributed by atoms with Crippen molar-refractivity contribution in [1.82, 2.24) is 0 Å². The van der Waals surface area contributed by atoms with E-state index in [2.05, 4.69) is 0 Å². The Morgan fingerprint density at radius 2 is 2.00 bits per heavy atom. The van der Waals surface area contributed by atoms with Gasteiger partial charge in [0.15, 0.2) is 5.60 Å².